The van der Waals surface area contributed by atoms with Gasteiger partial charge in [0.2, 0.25) is 0 Å². The van der Waals surface area contributed by atoms with Gasteiger partial charge in [-0.25, -0.2) is 0 Å². The molecule has 5 heteroatoms. The number of carbonyl (C=O) groups excluding carboxylic acids is 1. The summed E-state index contributed by atoms with van der Waals surface area (Å²) in [5.41, 5.74) is -0.281. The summed E-state index contributed by atoms with van der Waals surface area (Å²) in [6.45, 7) is 7.40. The van der Waals surface area contributed by atoms with E-state index in [-0.39, 0.29) is 17.3 Å². The van der Waals surface area contributed by atoms with Crippen LogP contribution in [0.5, 0.6) is 0 Å². The highest BCUT2D eigenvalue weighted by Crippen LogP contribution is 2.18. The largest absolute Gasteiger partial charge is 0.376 e. The quantitative estimate of drug-likeness (QED) is 0.798. The average Bonchev–Trinajstić information content (AvgIpc) is 2.74. The normalized spacial score (nSPS) is 20.3. The van der Waals surface area contributed by atoms with Crippen molar-refractivity contribution >= 4 is 34.1 Å². The number of hydrogen-bond acceptors (Lipinski definition) is 4. The van der Waals surface area contributed by atoms with Gasteiger partial charge in [-0.15, -0.1) is 0 Å². The van der Waals surface area contributed by atoms with Crippen LogP contribution in [0.4, 0.5) is 0 Å². The van der Waals surface area contributed by atoms with E-state index in [2.05, 4.69) is 5.32 Å². The van der Waals surface area contributed by atoms with Crippen molar-refractivity contribution in [1.29, 1.82) is 0 Å². The molecule has 1 rings (SSSR count). The summed E-state index contributed by atoms with van der Waals surface area (Å²) >= 11 is 6.58. The van der Waals surface area contributed by atoms with E-state index in [4.69, 9.17) is 17.0 Å². The van der Waals surface area contributed by atoms with E-state index in [1.165, 1.54) is 11.8 Å². The first-order valence-electron chi connectivity index (χ1n) is 5.95. The molecule has 1 heterocycles. The SMILES string of the molecule is CC(C)(C)C(=O)CSC(=S)NCC1CCCO1. The Labute approximate surface area is 113 Å². The summed E-state index contributed by atoms with van der Waals surface area (Å²) in [6.07, 6.45) is 2.52. The van der Waals surface area contributed by atoms with Gasteiger partial charge in [0.1, 0.15) is 10.1 Å². The molecule has 0 radical (unpaired) electrons. The van der Waals surface area contributed by atoms with Crippen LogP contribution in [-0.2, 0) is 9.53 Å². The number of thiocarbonyl (C=S) groups is 1. The van der Waals surface area contributed by atoms with Gasteiger partial charge in [0.05, 0.1) is 11.9 Å². The third-order valence-corrected chi connectivity index (χ3v) is 3.98. The minimum atomic E-state index is -0.281. The van der Waals surface area contributed by atoms with Crippen LogP contribution in [0.1, 0.15) is 33.6 Å². The Morgan fingerprint density at radius 2 is 2.24 bits per heavy atom. The fraction of sp³-hybridized carbons (Fsp3) is 0.833. The number of Topliss-reactive ketones (excluding diaryl/α,β-unsaturated/α-hetero) is 1. The molecule has 1 N–H and O–H groups in total. The van der Waals surface area contributed by atoms with E-state index in [0.29, 0.717) is 10.1 Å². The zero-order valence-electron chi connectivity index (χ0n) is 10.7. The Kier molecular flexibility index (Phi) is 5.89. The highest BCUT2D eigenvalue weighted by atomic mass is 32.2. The molecule has 1 unspecified atom stereocenters. The van der Waals surface area contributed by atoms with Crippen molar-refractivity contribution in [3.05, 3.63) is 0 Å². The molecule has 1 fully saturated rings. The van der Waals surface area contributed by atoms with Gasteiger partial charge >= 0.3 is 0 Å². The van der Waals surface area contributed by atoms with Crippen molar-refractivity contribution in [2.24, 2.45) is 5.41 Å². The molecular formula is C12H21NO2S2. The van der Waals surface area contributed by atoms with Crippen LogP contribution in [0.2, 0.25) is 0 Å². The summed E-state index contributed by atoms with van der Waals surface area (Å²) in [5.74, 6) is 0.671. The molecular weight excluding hydrogens is 254 g/mol. The number of carbonyl (C=O) groups is 1. The van der Waals surface area contributed by atoms with Crippen LogP contribution >= 0.6 is 24.0 Å². The molecule has 1 saturated heterocycles. The summed E-state index contributed by atoms with van der Waals surface area (Å²) in [5, 5.41) is 3.15. The highest BCUT2D eigenvalue weighted by Gasteiger charge is 2.21. The molecule has 1 aliphatic rings. The minimum absolute atomic E-state index is 0.226. The third kappa shape index (κ3) is 5.84. The lowest BCUT2D eigenvalue weighted by Crippen LogP contribution is -2.30. The molecule has 98 valence electrons. The number of ether oxygens (including phenoxy) is 1. The number of thioether (sulfide) groups is 1. The van der Waals surface area contributed by atoms with Gasteiger partial charge in [-0.05, 0) is 12.8 Å². The van der Waals surface area contributed by atoms with E-state index in [1.54, 1.807) is 0 Å². The van der Waals surface area contributed by atoms with Crippen molar-refractivity contribution in [2.75, 3.05) is 18.9 Å². The van der Waals surface area contributed by atoms with Crippen LogP contribution in [-0.4, -0.2) is 35.1 Å². The lowest BCUT2D eigenvalue weighted by atomic mass is 9.92. The lowest BCUT2D eigenvalue weighted by molar-refractivity contribution is -0.123. The first-order chi connectivity index (χ1) is 7.89. The number of hydrogen-bond donors (Lipinski definition) is 1. The molecule has 0 aromatic heterocycles. The lowest BCUT2D eigenvalue weighted by Gasteiger charge is -2.17. The number of nitrogens with one attached hydrogen (secondary N) is 1. The van der Waals surface area contributed by atoms with Crippen LogP contribution in [0, 0.1) is 5.41 Å². The highest BCUT2D eigenvalue weighted by molar-refractivity contribution is 8.23. The molecule has 0 aromatic carbocycles. The van der Waals surface area contributed by atoms with E-state index in [1.807, 2.05) is 20.8 Å². The van der Waals surface area contributed by atoms with E-state index in [0.717, 1.165) is 26.0 Å². The Bertz CT molecular complexity index is 281. The van der Waals surface area contributed by atoms with Gasteiger partial charge in [-0.2, -0.15) is 0 Å². The monoisotopic (exact) mass is 275 g/mol. The molecule has 0 aromatic rings. The summed E-state index contributed by atoms with van der Waals surface area (Å²) in [4.78, 5) is 11.7. The smallest absolute Gasteiger partial charge is 0.148 e. The fourth-order valence-corrected chi connectivity index (χ4v) is 2.54. The molecule has 0 aliphatic carbocycles. The fourth-order valence-electron chi connectivity index (χ4n) is 1.40. The second-order valence-electron chi connectivity index (χ2n) is 5.27. The molecule has 17 heavy (non-hydrogen) atoms. The van der Waals surface area contributed by atoms with Gasteiger partial charge in [0.25, 0.3) is 0 Å². The van der Waals surface area contributed by atoms with Gasteiger partial charge < -0.3 is 10.1 Å². The van der Waals surface area contributed by atoms with Crippen molar-refractivity contribution < 1.29 is 9.53 Å². The van der Waals surface area contributed by atoms with Crippen LogP contribution in [0.15, 0.2) is 0 Å². The van der Waals surface area contributed by atoms with Gasteiger partial charge in [-0.1, -0.05) is 44.8 Å². The predicted octanol–water partition coefficient (Wildman–Crippen LogP) is 2.39. The first-order valence-corrected chi connectivity index (χ1v) is 7.34. The second-order valence-corrected chi connectivity index (χ2v) is 6.92. The average molecular weight is 275 g/mol. The van der Waals surface area contributed by atoms with Crippen molar-refractivity contribution in [2.45, 2.75) is 39.7 Å². The maximum atomic E-state index is 11.7. The van der Waals surface area contributed by atoms with Crippen LogP contribution in [0.25, 0.3) is 0 Å². The number of ketones is 1. The third-order valence-electron chi connectivity index (χ3n) is 2.67. The van der Waals surface area contributed by atoms with Crippen LogP contribution in [0.3, 0.4) is 0 Å². The zero-order valence-corrected chi connectivity index (χ0v) is 12.4. The van der Waals surface area contributed by atoms with Crippen molar-refractivity contribution in [1.82, 2.24) is 5.32 Å². The van der Waals surface area contributed by atoms with E-state index < -0.39 is 0 Å². The molecule has 0 amide bonds. The van der Waals surface area contributed by atoms with Crippen LogP contribution < -0.4 is 5.32 Å². The summed E-state index contributed by atoms with van der Waals surface area (Å²) in [7, 11) is 0. The Balaban J connectivity index is 2.14. The molecule has 1 atom stereocenters. The Hall–Kier alpha value is -0.130. The van der Waals surface area contributed by atoms with Gasteiger partial charge in [-0.3, -0.25) is 4.79 Å². The number of rotatable bonds is 4. The molecule has 0 spiro atoms. The first kappa shape index (κ1) is 14.9. The second kappa shape index (κ2) is 6.71. The topological polar surface area (TPSA) is 38.3 Å². The molecule has 0 bridgehead atoms. The van der Waals surface area contributed by atoms with Crippen molar-refractivity contribution in [3.8, 4) is 0 Å². The maximum absolute atomic E-state index is 11.7. The van der Waals surface area contributed by atoms with E-state index >= 15 is 0 Å². The molecule has 1 aliphatic heterocycles. The zero-order chi connectivity index (χ0) is 12.9. The molecule has 0 saturated carbocycles. The van der Waals surface area contributed by atoms with E-state index in [9.17, 15) is 4.79 Å². The Morgan fingerprint density at radius 1 is 1.53 bits per heavy atom. The summed E-state index contributed by atoms with van der Waals surface area (Å²) in [6, 6.07) is 0. The Morgan fingerprint density at radius 3 is 2.76 bits per heavy atom. The maximum Gasteiger partial charge on any atom is 0.148 e. The summed E-state index contributed by atoms with van der Waals surface area (Å²) < 4.78 is 6.18. The van der Waals surface area contributed by atoms with Gasteiger partial charge in [0, 0.05) is 18.6 Å². The minimum Gasteiger partial charge on any atom is -0.376 e. The standard InChI is InChI=1S/C12H21NO2S2/c1-12(2,3)10(14)8-17-11(16)13-7-9-5-4-6-15-9/h9H,4-8H2,1-3H3,(H,13,16). The van der Waals surface area contributed by atoms with Gasteiger partial charge in [0.15, 0.2) is 0 Å². The predicted molar refractivity (Wildman–Crippen MR) is 76.5 cm³/mol. The molecule has 3 nitrogen and oxygen atoms in total. The van der Waals surface area contributed by atoms with Crippen molar-refractivity contribution in [3.63, 3.8) is 0 Å².